The van der Waals surface area contributed by atoms with Crippen molar-refractivity contribution in [3.8, 4) is 10.4 Å². The van der Waals surface area contributed by atoms with E-state index in [9.17, 15) is 9.59 Å². The molecular weight excluding hydrogens is 396 g/mol. The first-order valence-corrected chi connectivity index (χ1v) is 11.0. The third-order valence-electron chi connectivity index (χ3n) is 6.31. The molecule has 4 aromatic rings. The van der Waals surface area contributed by atoms with E-state index in [2.05, 4.69) is 24.3 Å². The van der Waals surface area contributed by atoms with Crippen molar-refractivity contribution in [3.05, 3.63) is 82.7 Å². The van der Waals surface area contributed by atoms with Gasteiger partial charge in [0.05, 0.1) is 11.8 Å². The minimum absolute atomic E-state index is 0.0626. The molecule has 2 unspecified atom stereocenters. The Hall–Kier alpha value is -3.12. The molecule has 0 saturated carbocycles. The third kappa shape index (κ3) is 2.75. The quantitative estimate of drug-likeness (QED) is 0.481. The molecule has 0 spiro atoms. The summed E-state index contributed by atoms with van der Waals surface area (Å²) in [6, 6.07) is 17.8. The molecule has 2 bridgehead atoms. The van der Waals surface area contributed by atoms with Crippen molar-refractivity contribution in [2.75, 3.05) is 13.1 Å². The molecule has 0 radical (unpaired) electrons. The summed E-state index contributed by atoms with van der Waals surface area (Å²) in [6.45, 7) is 1.94. The summed E-state index contributed by atoms with van der Waals surface area (Å²) in [6.07, 6.45) is 2.55. The first kappa shape index (κ1) is 17.7. The van der Waals surface area contributed by atoms with Crippen LogP contribution in [0.1, 0.15) is 28.6 Å². The SMILES string of the molecule is O=C(c1ccco1)N1CC2CC(C1)c1ccc(-c3cc4ccccc4s3)c(=O)n1C2. The highest BCUT2D eigenvalue weighted by Gasteiger charge is 2.37. The van der Waals surface area contributed by atoms with Gasteiger partial charge in [-0.25, -0.2) is 0 Å². The maximum atomic E-state index is 13.4. The van der Waals surface area contributed by atoms with Gasteiger partial charge in [0.25, 0.3) is 11.5 Å². The van der Waals surface area contributed by atoms with Gasteiger partial charge in [0, 0.05) is 40.8 Å². The Morgan fingerprint density at radius 1 is 1.03 bits per heavy atom. The molecule has 0 aliphatic carbocycles. The summed E-state index contributed by atoms with van der Waals surface area (Å²) in [4.78, 5) is 29.1. The van der Waals surface area contributed by atoms with E-state index in [1.165, 1.54) is 16.3 Å². The van der Waals surface area contributed by atoms with Crippen LogP contribution in [-0.2, 0) is 6.54 Å². The number of carbonyl (C=O) groups is 1. The Morgan fingerprint density at radius 2 is 1.93 bits per heavy atom. The van der Waals surface area contributed by atoms with Crippen molar-refractivity contribution in [3.63, 3.8) is 0 Å². The summed E-state index contributed by atoms with van der Waals surface area (Å²) in [5.41, 5.74) is 1.89. The monoisotopic (exact) mass is 416 g/mol. The number of carbonyl (C=O) groups excluding carboxylic acids is 1. The topological polar surface area (TPSA) is 55.5 Å². The summed E-state index contributed by atoms with van der Waals surface area (Å²) >= 11 is 1.66. The summed E-state index contributed by atoms with van der Waals surface area (Å²) < 4.78 is 8.45. The smallest absolute Gasteiger partial charge is 0.289 e. The lowest BCUT2D eigenvalue weighted by atomic mass is 9.83. The molecule has 150 valence electrons. The zero-order valence-corrected chi connectivity index (χ0v) is 17.1. The minimum atomic E-state index is -0.0626. The molecule has 0 N–H and O–H groups in total. The van der Waals surface area contributed by atoms with E-state index >= 15 is 0 Å². The highest BCUT2D eigenvalue weighted by atomic mass is 32.1. The van der Waals surface area contributed by atoms with Crippen LogP contribution in [0.25, 0.3) is 20.5 Å². The number of likely N-dealkylation sites (tertiary alicyclic amines) is 1. The van der Waals surface area contributed by atoms with Gasteiger partial charge in [0.15, 0.2) is 5.76 Å². The van der Waals surface area contributed by atoms with E-state index in [4.69, 9.17) is 4.42 Å². The number of fused-ring (bicyclic) bond motifs is 5. The first-order valence-electron chi connectivity index (χ1n) is 10.2. The van der Waals surface area contributed by atoms with Crippen LogP contribution in [0.3, 0.4) is 0 Å². The molecule has 5 nitrogen and oxygen atoms in total. The number of hydrogen-bond donors (Lipinski definition) is 0. The molecule has 1 saturated heterocycles. The number of benzene rings is 1. The molecule has 1 fully saturated rings. The molecule has 1 amide bonds. The molecule has 1 aromatic carbocycles. The Kier molecular flexibility index (Phi) is 3.96. The highest BCUT2D eigenvalue weighted by Crippen LogP contribution is 2.37. The van der Waals surface area contributed by atoms with E-state index in [-0.39, 0.29) is 23.3 Å². The van der Waals surface area contributed by atoms with Crippen LogP contribution >= 0.6 is 11.3 Å². The number of furan rings is 1. The van der Waals surface area contributed by atoms with Gasteiger partial charge in [0.2, 0.25) is 0 Å². The van der Waals surface area contributed by atoms with E-state index in [0.29, 0.717) is 25.4 Å². The van der Waals surface area contributed by atoms with Crippen molar-refractivity contribution in [2.24, 2.45) is 5.92 Å². The van der Waals surface area contributed by atoms with Crippen LogP contribution in [-0.4, -0.2) is 28.5 Å². The Labute approximate surface area is 177 Å². The lowest BCUT2D eigenvalue weighted by Crippen LogP contribution is -2.49. The van der Waals surface area contributed by atoms with Gasteiger partial charge in [-0.2, -0.15) is 0 Å². The molecule has 3 aromatic heterocycles. The van der Waals surface area contributed by atoms with Crippen molar-refractivity contribution < 1.29 is 9.21 Å². The number of piperidine rings is 1. The number of hydrogen-bond acceptors (Lipinski definition) is 4. The van der Waals surface area contributed by atoms with Crippen LogP contribution < -0.4 is 5.56 Å². The van der Waals surface area contributed by atoms with Gasteiger partial charge in [-0.1, -0.05) is 18.2 Å². The van der Waals surface area contributed by atoms with Crippen molar-refractivity contribution >= 4 is 27.3 Å². The van der Waals surface area contributed by atoms with Gasteiger partial charge >= 0.3 is 0 Å². The van der Waals surface area contributed by atoms with E-state index in [0.717, 1.165) is 22.6 Å². The second-order valence-corrected chi connectivity index (χ2v) is 9.31. The second-order valence-electron chi connectivity index (χ2n) is 8.22. The van der Waals surface area contributed by atoms with Crippen molar-refractivity contribution in [2.45, 2.75) is 18.9 Å². The molecular formula is C24H20N2O3S. The molecule has 5 heterocycles. The van der Waals surface area contributed by atoms with Crippen LogP contribution in [0.15, 0.2) is 70.1 Å². The van der Waals surface area contributed by atoms with Crippen LogP contribution in [0, 0.1) is 5.92 Å². The fraction of sp³-hybridized carbons (Fsp3) is 0.250. The average Bonchev–Trinajstić information content (AvgIpc) is 3.44. The van der Waals surface area contributed by atoms with Gasteiger partial charge in [-0.15, -0.1) is 11.3 Å². The number of nitrogens with zero attached hydrogens (tertiary/aromatic N) is 2. The minimum Gasteiger partial charge on any atom is -0.459 e. The third-order valence-corrected chi connectivity index (χ3v) is 7.46. The summed E-state index contributed by atoms with van der Waals surface area (Å²) in [7, 11) is 0. The van der Waals surface area contributed by atoms with Crippen LogP contribution in [0.4, 0.5) is 0 Å². The lowest BCUT2D eigenvalue weighted by Gasteiger charge is -2.42. The van der Waals surface area contributed by atoms with E-state index in [1.807, 2.05) is 27.7 Å². The second kappa shape index (κ2) is 6.71. The van der Waals surface area contributed by atoms with Gasteiger partial charge < -0.3 is 13.9 Å². The zero-order valence-electron chi connectivity index (χ0n) is 16.3. The largest absolute Gasteiger partial charge is 0.459 e. The first-order chi connectivity index (χ1) is 14.7. The Morgan fingerprint density at radius 3 is 2.77 bits per heavy atom. The number of amides is 1. The number of pyridine rings is 1. The normalized spacial score (nSPS) is 20.3. The predicted octanol–water partition coefficient (Wildman–Crippen LogP) is 4.58. The zero-order chi connectivity index (χ0) is 20.2. The molecule has 6 rings (SSSR count). The molecule has 30 heavy (non-hydrogen) atoms. The molecule has 2 aliphatic rings. The average molecular weight is 417 g/mol. The highest BCUT2D eigenvalue weighted by molar-refractivity contribution is 7.22. The van der Waals surface area contributed by atoms with Crippen molar-refractivity contribution in [1.29, 1.82) is 0 Å². The maximum Gasteiger partial charge on any atom is 0.289 e. The van der Waals surface area contributed by atoms with E-state index < -0.39 is 0 Å². The predicted molar refractivity (Wildman–Crippen MR) is 117 cm³/mol. The summed E-state index contributed by atoms with van der Waals surface area (Å²) in [5.74, 6) is 0.783. The van der Waals surface area contributed by atoms with Crippen LogP contribution in [0.2, 0.25) is 0 Å². The molecule has 2 aliphatic heterocycles. The lowest BCUT2D eigenvalue weighted by molar-refractivity contribution is 0.0564. The molecule has 6 heteroatoms. The Balaban J connectivity index is 1.36. The fourth-order valence-corrected chi connectivity index (χ4v) is 6.05. The number of aromatic nitrogens is 1. The number of thiophene rings is 1. The van der Waals surface area contributed by atoms with Gasteiger partial charge in [0.1, 0.15) is 0 Å². The van der Waals surface area contributed by atoms with Crippen molar-refractivity contribution in [1.82, 2.24) is 9.47 Å². The van der Waals surface area contributed by atoms with Gasteiger partial charge in [-0.3, -0.25) is 9.59 Å². The number of rotatable bonds is 2. The van der Waals surface area contributed by atoms with Gasteiger partial charge in [-0.05, 0) is 54.1 Å². The van der Waals surface area contributed by atoms with E-state index in [1.54, 1.807) is 23.5 Å². The summed E-state index contributed by atoms with van der Waals surface area (Å²) in [5, 5.41) is 1.17. The molecule has 2 atom stereocenters. The Bertz CT molecular complexity index is 1280. The standard InChI is InChI=1S/C24H20N2O3S/c27-23-18(22-11-16-4-1-2-6-21(16)30-22)7-8-19-17-10-15(13-26(19)23)12-25(14-17)24(28)20-5-3-9-29-20/h1-9,11,15,17H,10,12-14H2. The fourth-order valence-electron chi connectivity index (χ4n) is 4.97. The maximum absolute atomic E-state index is 13.4. The van der Waals surface area contributed by atoms with Crippen LogP contribution in [0.5, 0.6) is 0 Å².